The summed E-state index contributed by atoms with van der Waals surface area (Å²) in [6, 6.07) is 26.3. The third kappa shape index (κ3) is 5.75. The Labute approximate surface area is 194 Å². The van der Waals surface area contributed by atoms with E-state index in [-0.39, 0.29) is 22.9 Å². The van der Waals surface area contributed by atoms with Gasteiger partial charge in [0.15, 0.2) is 0 Å². The van der Waals surface area contributed by atoms with Crippen LogP contribution in [-0.4, -0.2) is 22.5 Å². The van der Waals surface area contributed by atoms with Crippen molar-refractivity contribution in [3.63, 3.8) is 0 Å². The first-order valence-corrected chi connectivity index (χ1v) is 11.0. The number of carbonyl (C=O) groups excluding carboxylic acids is 2. The Hall–Kier alpha value is -4.17. The van der Waals surface area contributed by atoms with Crippen molar-refractivity contribution in [2.75, 3.05) is 16.4 Å². The van der Waals surface area contributed by atoms with Crippen molar-refractivity contribution in [2.24, 2.45) is 0 Å². The molecule has 0 aromatic heterocycles. The Morgan fingerprint density at radius 1 is 0.788 bits per heavy atom. The van der Waals surface area contributed by atoms with E-state index >= 15 is 0 Å². The number of nitrogens with one attached hydrogen (secondary N) is 2. The minimum Gasteiger partial charge on any atom is -0.325 e. The number of non-ortho nitro benzene ring substituents is 1. The fourth-order valence-electron chi connectivity index (χ4n) is 3.24. The van der Waals surface area contributed by atoms with Gasteiger partial charge in [0, 0.05) is 34.0 Å². The van der Waals surface area contributed by atoms with Gasteiger partial charge in [-0.3, -0.25) is 19.7 Å². The summed E-state index contributed by atoms with van der Waals surface area (Å²) in [5, 5.41) is 18.7. The maximum atomic E-state index is 12.5. The summed E-state index contributed by atoms with van der Waals surface area (Å²) in [4.78, 5) is 36.0. The van der Waals surface area contributed by atoms with Gasteiger partial charge in [0.05, 0.1) is 10.7 Å². The molecule has 4 rings (SSSR count). The minimum atomic E-state index is -0.545. The highest BCUT2D eigenvalue weighted by atomic mass is 32.2. The number of carbonyl (C=O) groups is 2. The molecule has 2 N–H and O–H groups in total. The molecule has 0 unspecified atom stereocenters. The number of nitro groups is 1. The number of nitrogens with zero attached hydrogens (tertiary/aromatic N) is 1. The van der Waals surface area contributed by atoms with E-state index in [1.807, 2.05) is 48.5 Å². The van der Waals surface area contributed by atoms with Crippen molar-refractivity contribution in [3.05, 3.63) is 107 Å². The molecular formula is C25H19N3O4S. The largest absolute Gasteiger partial charge is 0.325 e. The molecule has 0 fully saturated rings. The Balaban J connectivity index is 1.35. The molecule has 0 bridgehead atoms. The van der Waals surface area contributed by atoms with E-state index in [0.717, 1.165) is 21.4 Å². The fraction of sp³-hybridized carbons (Fsp3) is 0.0400. The molecule has 4 aromatic rings. The average molecular weight is 458 g/mol. The smallest absolute Gasteiger partial charge is 0.270 e. The summed E-state index contributed by atoms with van der Waals surface area (Å²) in [6.45, 7) is 0. The van der Waals surface area contributed by atoms with Gasteiger partial charge in [0.25, 0.3) is 11.6 Å². The van der Waals surface area contributed by atoms with Crippen molar-refractivity contribution in [3.8, 4) is 0 Å². The van der Waals surface area contributed by atoms with Gasteiger partial charge in [0.2, 0.25) is 5.91 Å². The molecule has 0 saturated carbocycles. The van der Waals surface area contributed by atoms with Crippen LogP contribution in [0.5, 0.6) is 0 Å². The van der Waals surface area contributed by atoms with Crippen molar-refractivity contribution in [1.29, 1.82) is 0 Å². The number of anilines is 2. The van der Waals surface area contributed by atoms with E-state index in [1.165, 1.54) is 36.0 Å². The highest BCUT2D eigenvalue weighted by Crippen LogP contribution is 2.24. The summed E-state index contributed by atoms with van der Waals surface area (Å²) in [6.07, 6.45) is 0. The third-order valence-electron chi connectivity index (χ3n) is 4.81. The zero-order valence-corrected chi connectivity index (χ0v) is 18.2. The van der Waals surface area contributed by atoms with Crippen LogP contribution in [0.15, 0.2) is 95.9 Å². The molecule has 4 aromatic carbocycles. The van der Waals surface area contributed by atoms with E-state index in [2.05, 4.69) is 10.6 Å². The quantitative estimate of drug-likeness (QED) is 0.210. The van der Waals surface area contributed by atoms with Crippen molar-refractivity contribution < 1.29 is 14.5 Å². The molecule has 0 saturated heterocycles. The molecule has 2 amide bonds. The first-order chi connectivity index (χ1) is 16.0. The lowest BCUT2D eigenvalue weighted by atomic mass is 10.1. The maximum Gasteiger partial charge on any atom is 0.270 e. The molecule has 0 radical (unpaired) electrons. The van der Waals surface area contributed by atoms with Crippen LogP contribution < -0.4 is 10.6 Å². The normalized spacial score (nSPS) is 10.5. The zero-order chi connectivity index (χ0) is 23.2. The predicted molar refractivity (Wildman–Crippen MR) is 131 cm³/mol. The van der Waals surface area contributed by atoms with Crippen LogP contribution in [0, 0.1) is 10.1 Å². The fourth-order valence-corrected chi connectivity index (χ4v) is 4.00. The van der Waals surface area contributed by atoms with Crippen LogP contribution in [0.2, 0.25) is 0 Å². The summed E-state index contributed by atoms with van der Waals surface area (Å²) < 4.78 is 0. The molecule has 33 heavy (non-hydrogen) atoms. The summed E-state index contributed by atoms with van der Waals surface area (Å²) in [5.41, 5.74) is 1.31. The van der Waals surface area contributed by atoms with Crippen LogP contribution in [0.25, 0.3) is 10.8 Å². The molecule has 0 atom stereocenters. The molecule has 0 aliphatic heterocycles. The minimum absolute atomic E-state index is 0.138. The van der Waals surface area contributed by atoms with Gasteiger partial charge in [0.1, 0.15) is 0 Å². The lowest BCUT2D eigenvalue weighted by Gasteiger charge is -2.09. The number of thioether (sulfide) groups is 1. The molecule has 0 aliphatic carbocycles. The molecule has 0 heterocycles. The van der Waals surface area contributed by atoms with Crippen molar-refractivity contribution >= 4 is 51.4 Å². The van der Waals surface area contributed by atoms with E-state index in [1.54, 1.807) is 18.2 Å². The zero-order valence-electron chi connectivity index (χ0n) is 17.4. The molecule has 8 heteroatoms. The molecule has 7 nitrogen and oxygen atoms in total. The number of hydrogen-bond acceptors (Lipinski definition) is 5. The molecule has 0 aliphatic rings. The molecular weight excluding hydrogens is 438 g/mol. The lowest BCUT2D eigenvalue weighted by molar-refractivity contribution is -0.384. The number of hydrogen-bond donors (Lipinski definition) is 2. The molecule has 164 valence electrons. The molecule has 0 spiro atoms. The first-order valence-electron chi connectivity index (χ1n) is 10.1. The standard InChI is InChI=1S/C25H19N3O4S/c29-24(26-21-12-11-17-5-1-2-6-18(17)13-21)16-33-23-10-4-8-20(15-23)27-25(30)19-7-3-9-22(14-19)28(31)32/h1-15H,16H2,(H,26,29)(H,27,30). The van der Waals surface area contributed by atoms with Gasteiger partial charge in [-0.2, -0.15) is 0 Å². The average Bonchev–Trinajstić information content (AvgIpc) is 2.83. The van der Waals surface area contributed by atoms with Gasteiger partial charge in [-0.15, -0.1) is 11.8 Å². The predicted octanol–water partition coefficient (Wildman–Crippen LogP) is 5.73. The number of fused-ring (bicyclic) bond motifs is 1. The van der Waals surface area contributed by atoms with Gasteiger partial charge in [-0.1, -0.05) is 42.5 Å². The highest BCUT2D eigenvalue weighted by Gasteiger charge is 2.12. The number of nitro benzene ring substituents is 1. The first kappa shape index (κ1) is 22.0. The Bertz CT molecular complexity index is 1360. The number of benzene rings is 4. The summed E-state index contributed by atoms with van der Waals surface area (Å²) >= 11 is 1.34. The van der Waals surface area contributed by atoms with Gasteiger partial charge in [-0.25, -0.2) is 0 Å². The maximum absolute atomic E-state index is 12.5. The second kappa shape index (κ2) is 9.97. The van der Waals surface area contributed by atoms with Gasteiger partial charge >= 0.3 is 0 Å². The van der Waals surface area contributed by atoms with E-state index < -0.39 is 10.8 Å². The summed E-state index contributed by atoms with van der Waals surface area (Å²) in [5.74, 6) is -0.383. The Morgan fingerprint density at radius 3 is 2.36 bits per heavy atom. The third-order valence-corrected chi connectivity index (χ3v) is 5.81. The lowest BCUT2D eigenvalue weighted by Crippen LogP contribution is -2.14. The summed E-state index contributed by atoms with van der Waals surface area (Å²) in [7, 11) is 0. The SMILES string of the molecule is O=C(CSc1cccc(NC(=O)c2cccc([N+](=O)[O-])c2)c1)Nc1ccc2ccccc2c1. The second-order valence-corrected chi connectivity index (χ2v) is 8.24. The van der Waals surface area contributed by atoms with E-state index in [9.17, 15) is 19.7 Å². The Kier molecular flexibility index (Phi) is 6.66. The van der Waals surface area contributed by atoms with Gasteiger partial charge < -0.3 is 10.6 Å². The van der Waals surface area contributed by atoms with Crippen molar-refractivity contribution in [1.82, 2.24) is 0 Å². The highest BCUT2D eigenvalue weighted by molar-refractivity contribution is 8.00. The number of rotatable bonds is 7. The van der Waals surface area contributed by atoms with Crippen LogP contribution in [0.3, 0.4) is 0 Å². The monoisotopic (exact) mass is 457 g/mol. The number of amides is 2. The van der Waals surface area contributed by atoms with E-state index in [4.69, 9.17) is 0 Å². The topological polar surface area (TPSA) is 101 Å². The van der Waals surface area contributed by atoms with Crippen LogP contribution in [0.1, 0.15) is 10.4 Å². The van der Waals surface area contributed by atoms with Gasteiger partial charge in [-0.05, 0) is 47.2 Å². The van der Waals surface area contributed by atoms with Crippen LogP contribution >= 0.6 is 11.8 Å². The van der Waals surface area contributed by atoms with E-state index in [0.29, 0.717) is 5.69 Å². The van der Waals surface area contributed by atoms with Crippen molar-refractivity contribution in [2.45, 2.75) is 4.90 Å². The van der Waals surface area contributed by atoms with Crippen LogP contribution in [0.4, 0.5) is 17.1 Å². The Morgan fingerprint density at radius 2 is 1.55 bits per heavy atom. The van der Waals surface area contributed by atoms with Crippen LogP contribution in [-0.2, 0) is 4.79 Å². The second-order valence-electron chi connectivity index (χ2n) is 7.19.